The summed E-state index contributed by atoms with van der Waals surface area (Å²) in [6.45, 7) is 5.28. The lowest BCUT2D eigenvalue weighted by Crippen LogP contribution is -2.29. The molecule has 1 heterocycles. The van der Waals surface area contributed by atoms with Gasteiger partial charge in [0.05, 0.1) is 12.5 Å². The molecule has 0 spiro atoms. The Kier molecular flexibility index (Phi) is 5.25. The summed E-state index contributed by atoms with van der Waals surface area (Å²) in [4.78, 5) is 11.2. The fourth-order valence-electron chi connectivity index (χ4n) is 1.43. The molecule has 12 heavy (non-hydrogen) atoms. The highest BCUT2D eigenvalue weighted by Crippen LogP contribution is 2.16. The van der Waals surface area contributed by atoms with Crippen molar-refractivity contribution < 1.29 is 9.53 Å². The molecular weight excluding hydrogens is 178 g/mol. The second-order valence-electron chi connectivity index (χ2n) is 2.89. The van der Waals surface area contributed by atoms with E-state index in [9.17, 15) is 4.79 Å². The van der Waals surface area contributed by atoms with Crippen LogP contribution in [0.3, 0.4) is 0 Å². The minimum absolute atomic E-state index is 0. The molecule has 0 aliphatic carbocycles. The summed E-state index contributed by atoms with van der Waals surface area (Å²) in [7, 11) is 0. The van der Waals surface area contributed by atoms with Gasteiger partial charge in [-0.3, -0.25) is 4.79 Å². The van der Waals surface area contributed by atoms with Gasteiger partial charge in [0, 0.05) is 6.04 Å². The average molecular weight is 194 g/mol. The molecule has 0 bridgehead atoms. The molecule has 0 aromatic carbocycles. The van der Waals surface area contributed by atoms with Gasteiger partial charge in [-0.05, 0) is 26.8 Å². The van der Waals surface area contributed by atoms with Gasteiger partial charge in [0.2, 0.25) is 0 Å². The quantitative estimate of drug-likeness (QED) is 0.665. The fourth-order valence-corrected chi connectivity index (χ4v) is 1.43. The van der Waals surface area contributed by atoms with Gasteiger partial charge in [0.25, 0.3) is 0 Å². The number of hydrogen-bond acceptors (Lipinski definition) is 3. The molecule has 1 aliphatic rings. The van der Waals surface area contributed by atoms with E-state index in [-0.39, 0.29) is 30.3 Å². The number of hydrogen-bond donors (Lipinski definition) is 1. The molecule has 0 radical (unpaired) electrons. The van der Waals surface area contributed by atoms with Crippen LogP contribution in [0.4, 0.5) is 0 Å². The van der Waals surface area contributed by atoms with Crippen LogP contribution in [0.1, 0.15) is 20.3 Å². The second-order valence-corrected chi connectivity index (χ2v) is 2.89. The first-order valence-corrected chi connectivity index (χ1v) is 4.15. The van der Waals surface area contributed by atoms with Crippen LogP contribution in [0, 0.1) is 5.92 Å². The van der Waals surface area contributed by atoms with Crippen LogP contribution in [0.15, 0.2) is 0 Å². The maximum absolute atomic E-state index is 11.2. The lowest BCUT2D eigenvalue weighted by atomic mass is 10.0. The summed E-state index contributed by atoms with van der Waals surface area (Å²) in [6.07, 6.45) is 0.917. The Labute approximate surface area is 79.3 Å². The topological polar surface area (TPSA) is 38.3 Å². The molecule has 0 amide bonds. The molecule has 1 saturated heterocycles. The van der Waals surface area contributed by atoms with Crippen LogP contribution in [-0.4, -0.2) is 25.2 Å². The number of esters is 1. The molecule has 0 aromatic rings. The molecule has 1 N–H and O–H groups in total. The third kappa shape index (κ3) is 2.64. The van der Waals surface area contributed by atoms with Crippen LogP contribution in [0.2, 0.25) is 0 Å². The van der Waals surface area contributed by atoms with E-state index >= 15 is 0 Å². The van der Waals surface area contributed by atoms with Crippen LogP contribution >= 0.6 is 12.4 Å². The number of carbonyl (C=O) groups is 1. The SMILES string of the molecule is CCOC(=O)C1CCNC1C.Cl. The molecule has 0 saturated carbocycles. The predicted molar refractivity (Wildman–Crippen MR) is 49.5 cm³/mol. The van der Waals surface area contributed by atoms with E-state index in [0.29, 0.717) is 6.61 Å². The largest absolute Gasteiger partial charge is 0.466 e. The first-order chi connectivity index (χ1) is 5.25. The molecule has 3 nitrogen and oxygen atoms in total. The normalized spacial score (nSPS) is 27.8. The molecule has 1 rings (SSSR count). The Hall–Kier alpha value is -0.280. The molecule has 2 unspecified atom stereocenters. The zero-order valence-corrected chi connectivity index (χ0v) is 8.32. The summed E-state index contributed by atoms with van der Waals surface area (Å²) in [5.41, 5.74) is 0. The molecule has 72 valence electrons. The fraction of sp³-hybridized carbons (Fsp3) is 0.875. The Morgan fingerprint density at radius 2 is 2.33 bits per heavy atom. The Balaban J connectivity index is 0.00000121. The standard InChI is InChI=1S/C8H15NO2.ClH/c1-3-11-8(10)7-4-5-9-6(7)2;/h6-7,9H,3-5H2,1-2H3;1H. The minimum Gasteiger partial charge on any atom is -0.466 e. The second kappa shape index (κ2) is 5.38. The van der Waals surface area contributed by atoms with E-state index in [1.165, 1.54) is 0 Å². The van der Waals surface area contributed by atoms with Gasteiger partial charge in [0.15, 0.2) is 0 Å². The number of rotatable bonds is 2. The smallest absolute Gasteiger partial charge is 0.310 e. The average Bonchev–Trinajstić information content (AvgIpc) is 2.36. The maximum Gasteiger partial charge on any atom is 0.310 e. The molecule has 1 fully saturated rings. The highest BCUT2D eigenvalue weighted by atomic mass is 35.5. The van der Waals surface area contributed by atoms with E-state index in [0.717, 1.165) is 13.0 Å². The molecule has 0 aromatic heterocycles. The third-order valence-electron chi connectivity index (χ3n) is 2.11. The lowest BCUT2D eigenvalue weighted by molar-refractivity contribution is -0.148. The van der Waals surface area contributed by atoms with Crippen LogP contribution in [0.5, 0.6) is 0 Å². The van der Waals surface area contributed by atoms with Crippen LogP contribution in [0.25, 0.3) is 0 Å². The molecule has 4 heteroatoms. The summed E-state index contributed by atoms with van der Waals surface area (Å²) < 4.78 is 4.92. The molecular formula is C8H16ClNO2. The van der Waals surface area contributed by atoms with Crippen molar-refractivity contribution in [3.05, 3.63) is 0 Å². The van der Waals surface area contributed by atoms with Crippen molar-refractivity contribution in [3.63, 3.8) is 0 Å². The lowest BCUT2D eigenvalue weighted by Gasteiger charge is -2.12. The zero-order chi connectivity index (χ0) is 8.27. The maximum atomic E-state index is 11.2. The van der Waals surface area contributed by atoms with Crippen molar-refractivity contribution in [3.8, 4) is 0 Å². The third-order valence-corrected chi connectivity index (χ3v) is 2.11. The van der Waals surface area contributed by atoms with E-state index in [2.05, 4.69) is 5.32 Å². The van der Waals surface area contributed by atoms with Crippen molar-refractivity contribution in [1.82, 2.24) is 5.32 Å². The van der Waals surface area contributed by atoms with Crippen LogP contribution < -0.4 is 5.32 Å². The van der Waals surface area contributed by atoms with Crippen molar-refractivity contribution in [2.75, 3.05) is 13.2 Å². The van der Waals surface area contributed by atoms with Crippen molar-refractivity contribution >= 4 is 18.4 Å². The Morgan fingerprint density at radius 1 is 1.67 bits per heavy atom. The van der Waals surface area contributed by atoms with Gasteiger partial charge in [-0.25, -0.2) is 0 Å². The molecule has 1 aliphatic heterocycles. The van der Waals surface area contributed by atoms with E-state index in [4.69, 9.17) is 4.74 Å². The first kappa shape index (κ1) is 11.7. The van der Waals surface area contributed by atoms with Crippen molar-refractivity contribution in [1.29, 1.82) is 0 Å². The number of carbonyl (C=O) groups excluding carboxylic acids is 1. The van der Waals surface area contributed by atoms with Gasteiger partial charge in [0.1, 0.15) is 0 Å². The van der Waals surface area contributed by atoms with Crippen LogP contribution in [-0.2, 0) is 9.53 Å². The minimum atomic E-state index is -0.0509. The van der Waals surface area contributed by atoms with E-state index < -0.39 is 0 Å². The summed E-state index contributed by atoms with van der Waals surface area (Å²) in [6, 6.07) is 0.286. The van der Waals surface area contributed by atoms with E-state index in [1.807, 2.05) is 13.8 Å². The number of halogens is 1. The van der Waals surface area contributed by atoms with Gasteiger partial charge in [-0.15, -0.1) is 12.4 Å². The first-order valence-electron chi connectivity index (χ1n) is 4.15. The van der Waals surface area contributed by atoms with Crippen molar-refractivity contribution in [2.45, 2.75) is 26.3 Å². The van der Waals surface area contributed by atoms with E-state index in [1.54, 1.807) is 0 Å². The van der Waals surface area contributed by atoms with Gasteiger partial charge < -0.3 is 10.1 Å². The molecule has 2 atom stereocenters. The number of ether oxygens (including phenoxy) is 1. The van der Waals surface area contributed by atoms with Crippen molar-refractivity contribution in [2.24, 2.45) is 5.92 Å². The Bertz CT molecular complexity index is 152. The predicted octanol–water partition coefficient (Wildman–Crippen LogP) is 0.969. The highest BCUT2D eigenvalue weighted by molar-refractivity contribution is 5.85. The summed E-state index contributed by atoms with van der Waals surface area (Å²) >= 11 is 0. The summed E-state index contributed by atoms with van der Waals surface area (Å²) in [5, 5.41) is 3.21. The highest BCUT2D eigenvalue weighted by Gasteiger charge is 2.30. The van der Waals surface area contributed by atoms with Gasteiger partial charge in [-0.1, -0.05) is 0 Å². The summed E-state index contributed by atoms with van der Waals surface area (Å²) in [5.74, 6) is 0.0277. The zero-order valence-electron chi connectivity index (χ0n) is 7.50. The van der Waals surface area contributed by atoms with Gasteiger partial charge in [-0.2, -0.15) is 0 Å². The van der Waals surface area contributed by atoms with Gasteiger partial charge >= 0.3 is 5.97 Å². The monoisotopic (exact) mass is 193 g/mol. The Morgan fingerprint density at radius 3 is 2.75 bits per heavy atom. The number of nitrogens with one attached hydrogen (secondary N) is 1.